The quantitative estimate of drug-likeness (QED) is 0.919. The molecular formula is C16H24N2O2. The summed E-state index contributed by atoms with van der Waals surface area (Å²) < 4.78 is 1.96. The molecule has 1 aromatic heterocycles. The van der Waals surface area contributed by atoms with E-state index in [1.807, 2.05) is 30.7 Å². The van der Waals surface area contributed by atoms with Crippen LogP contribution in [-0.2, 0) is 11.2 Å². The summed E-state index contributed by atoms with van der Waals surface area (Å²) in [6.07, 6.45) is 4.22. The van der Waals surface area contributed by atoms with Crippen molar-refractivity contribution in [3.63, 3.8) is 0 Å². The first kappa shape index (κ1) is 14.8. The van der Waals surface area contributed by atoms with Crippen molar-refractivity contribution in [1.82, 2.24) is 9.88 Å². The number of amides is 1. The number of fused-ring (bicyclic) bond motifs is 1. The third-order valence-electron chi connectivity index (χ3n) is 3.96. The highest BCUT2D eigenvalue weighted by molar-refractivity contribution is 5.99. The average Bonchev–Trinajstić information content (AvgIpc) is 2.77. The third-order valence-corrected chi connectivity index (χ3v) is 3.96. The number of ketones is 1. The van der Waals surface area contributed by atoms with Crippen molar-refractivity contribution in [3.8, 4) is 0 Å². The molecule has 110 valence electrons. The van der Waals surface area contributed by atoms with Gasteiger partial charge in [-0.25, -0.2) is 0 Å². The van der Waals surface area contributed by atoms with Crippen molar-refractivity contribution in [1.29, 1.82) is 0 Å². The molecule has 0 saturated carbocycles. The van der Waals surface area contributed by atoms with Gasteiger partial charge in [-0.2, -0.15) is 0 Å². The highest BCUT2D eigenvalue weighted by Crippen LogP contribution is 2.36. The lowest BCUT2D eigenvalue weighted by atomic mass is 9.76. The molecule has 0 aromatic carbocycles. The number of aromatic nitrogens is 1. The fraction of sp³-hybridized carbons (Fsp3) is 0.625. The molecule has 1 N–H and O–H groups in total. The summed E-state index contributed by atoms with van der Waals surface area (Å²) in [5.74, 6) is 0.206. The zero-order chi connectivity index (χ0) is 14.9. The van der Waals surface area contributed by atoms with Crippen LogP contribution >= 0.6 is 0 Å². The molecule has 2 rings (SSSR count). The predicted molar refractivity (Wildman–Crippen MR) is 78.9 cm³/mol. The minimum Gasteiger partial charge on any atom is -0.354 e. The Labute approximate surface area is 120 Å². The Bertz CT molecular complexity index is 529. The first-order valence-corrected chi connectivity index (χ1v) is 7.36. The summed E-state index contributed by atoms with van der Waals surface area (Å²) in [6, 6.07) is 1.59. The van der Waals surface area contributed by atoms with Gasteiger partial charge < -0.3 is 9.88 Å². The molecule has 1 aliphatic carbocycles. The molecule has 0 spiro atoms. The van der Waals surface area contributed by atoms with Gasteiger partial charge in [-0.3, -0.25) is 9.59 Å². The Morgan fingerprint density at radius 3 is 2.80 bits per heavy atom. The Kier molecular flexibility index (Phi) is 4.02. The van der Waals surface area contributed by atoms with Crippen molar-refractivity contribution < 1.29 is 9.59 Å². The summed E-state index contributed by atoms with van der Waals surface area (Å²) in [5, 5.41) is 2.91. The zero-order valence-electron chi connectivity index (χ0n) is 12.8. The highest BCUT2D eigenvalue weighted by Gasteiger charge is 2.34. The van der Waals surface area contributed by atoms with Gasteiger partial charge in [-0.15, -0.1) is 0 Å². The second-order valence-electron chi connectivity index (χ2n) is 6.49. The fourth-order valence-electron chi connectivity index (χ4n) is 2.85. The van der Waals surface area contributed by atoms with E-state index in [2.05, 4.69) is 19.2 Å². The lowest BCUT2D eigenvalue weighted by Crippen LogP contribution is -2.34. The van der Waals surface area contributed by atoms with Gasteiger partial charge in [-0.05, 0) is 31.2 Å². The van der Waals surface area contributed by atoms with Crippen LogP contribution in [-0.4, -0.2) is 22.8 Å². The molecular weight excluding hydrogens is 252 g/mol. The van der Waals surface area contributed by atoms with E-state index in [1.54, 1.807) is 0 Å². The average molecular weight is 276 g/mol. The summed E-state index contributed by atoms with van der Waals surface area (Å²) in [7, 11) is 0. The third kappa shape index (κ3) is 2.79. The topological polar surface area (TPSA) is 51.1 Å². The van der Waals surface area contributed by atoms with Crippen LogP contribution in [0.4, 0.5) is 0 Å². The summed E-state index contributed by atoms with van der Waals surface area (Å²) >= 11 is 0. The van der Waals surface area contributed by atoms with E-state index in [1.165, 1.54) is 0 Å². The smallest absolute Gasteiger partial charge is 0.242 e. The van der Waals surface area contributed by atoms with Gasteiger partial charge in [-0.1, -0.05) is 20.8 Å². The van der Waals surface area contributed by atoms with Crippen LogP contribution < -0.4 is 5.32 Å². The molecule has 0 aliphatic heterocycles. The molecule has 1 atom stereocenters. The number of nitrogens with one attached hydrogen (secondary N) is 1. The molecule has 0 fully saturated rings. The van der Waals surface area contributed by atoms with E-state index in [0.29, 0.717) is 13.0 Å². The standard InChI is InChI=1S/C16H24N2O2/c1-5-7-17-15(20)11(2)18-8-6-12-13(18)9-16(3,4)10-14(12)19/h6,8,11H,5,7,9-10H2,1-4H3,(H,17,20). The Morgan fingerprint density at radius 2 is 2.15 bits per heavy atom. The summed E-state index contributed by atoms with van der Waals surface area (Å²) in [4.78, 5) is 24.3. The van der Waals surface area contributed by atoms with E-state index in [9.17, 15) is 9.59 Å². The van der Waals surface area contributed by atoms with Crippen molar-refractivity contribution in [3.05, 3.63) is 23.5 Å². The Balaban J connectivity index is 2.27. The lowest BCUT2D eigenvalue weighted by molar-refractivity contribution is -0.123. The molecule has 1 heterocycles. The normalized spacial score (nSPS) is 18.5. The molecule has 1 amide bonds. The molecule has 1 unspecified atom stereocenters. The maximum Gasteiger partial charge on any atom is 0.242 e. The highest BCUT2D eigenvalue weighted by atomic mass is 16.2. The number of rotatable bonds is 4. The van der Waals surface area contributed by atoms with Crippen molar-refractivity contribution >= 4 is 11.7 Å². The molecule has 0 bridgehead atoms. The first-order valence-electron chi connectivity index (χ1n) is 7.36. The minimum atomic E-state index is -0.271. The maximum atomic E-state index is 12.2. The van der Waals surface area contributed by atoms with E-state index >= 15 is 0 Å². The van der Waals surface area contributed by atoms with Crippen LogP contribution in [0.3, 0.4) is 0 Å². The minimum absolute atomic E-state index is 0.0149. The largest absolute Gasteiger partial charge is 0.354 e. The van der Waals surface area contributed by atoms with Crippen LogP contribution in [0.15, 0.2) is 12.3 Å². The van der Waals surface area contributed by atoms with Crippen LogP contribution in [0.2, 0.25) is 0 Å². The summed E-state index contributed by atoms with van der Waals surface area (Å²) in [5.41, 5.74) is 1.77. The second-order valence-corrected chi connectivity index (χ2v) is 6.49. The predicted octanol–water partition coefficient (Wildman–Crippen LogP) is 2.73. The van der Waals surface area contributed by atoms with Crippen molar-refractivity contribution in [2.24, 2.45) is 5.41 Å². The maximum absolute atomic E-state index is 12.2. The second kappa shape index (κ2) is 5.43. The number of nitrogens with zero attached hydrogens (tertiary/aromatic N) is 1. The van der Waals surface area contributed by atoms with Crippen LogP contribution in [0.1, 0.15) is 62.6 Å². The Morgan fingerprint density at radius 1 is 1.45 bits per heavy atom. The van der Waals surface area contributed by atoms with Gasteiger partial charge in [0.2, 0.25) is 5.91 Å². The zero-order valence-corrected chi connectivity index (χ0v) is 12.8. The van der Waals surface area contributed by atoms with Gasteiger partial charge in [0.25, 0.3) is 0 Å². The van der Waals surface area contributed by atoms with Crippen molar-refractivity contribution in [2.75, 3.05) is 6.54 Å². The molecule has 1 aromatic rings. The van der Waals surface area contributed by atoms with Gasteiger partial charge in [0.1, 0.15) is 6.04 Å². The molecule has 4 nitrogen and oxygen atoms in total. The van der Waals surface area contributed by atoms with Crippen molar-refractivity contribution in [2.45, 2.75) is 53.0 Å². The van der Waals surface area contributed by atoms with Crippen LogP contribution in [0.25, 0.3) is 0 Å². The van der Waals surface area contributed by atoms with E-state index in [0.717, 1.165) is 24.1 Å². The number of Topliss-reactive ketones (excluding diaryl/α,β-unsaturated/α-hetero) is 1. The number of carbonyl (C=O) groups is 2. The Hall–Kier alpha value is -1.58. The van der Waals surface area contributed by atoms with Crippen LogP contribution in [0.5, 0.6) is 0 Å². The summed E-state index contributed by atoms with van der Waals surface area (Å²) in [6.45, 7) is 8.82. The molecule has 0 radical (unpaired) electrons. The van der Waals surface area contributed by atoms with Crippen LogP contribution in [0, 0.1) is 5.41 Å². The monoisotopic (exact) mass is 276 g/mol. The number of hydrogen-bond acceptors (Lipinski definition) is 2. The van der Waals surface area contributed by atoms with E-state index in [4.69, 9.17) is 0 Å². The van der Waals surface area contributed by atoms with E-state index < -0.39 is 0 Å². The first-order chi connectivity index (χ1) is 9.35. The molecule has 0 saturated heterocycles. The van der Waals surface area contributed by atoms with Gasteiger partial charge in [0.05, 0.1) is 0 Å². The van der Waals surface area contributed by atoms with Gasteiger partial charge in [0.15, 0.2) is 5.78 Å². The number of carbonyl (C=O) groups excluding carboxylic acids is 2. The fourth-order valence-corrected chi connectivity index (χ4v) is 2.85. The molecule has 20 heavy (non-hydrogen) atoms. The van der Waals surface area contributed by atoms with Gasteiger partial charge in [0, 0.05) is 30.4 Å². The lowest BCUT2D eigenvalue weighted by Gasteiger charge is -2.30. The molecule has 4 heteroatoms. The molecule has 1 aliphatic rings. The van der Waals surface area contributed by atoms with Gasteiger partial charge >= 0.3 is 0 Å². The van der Waals surface area contributed by atoms with E-state index in [-0.39, 0.29) is 23.1 Å². The number of hydrogen-bond donors (Lipinski definition) is 1. The SMILES string of the molecule is CCCNC(=O)C(C)n1ccc2c1CC(C)(C)CC2=O.